The van der Waals surface area contributed by atoms with Crippen LogP contribution in [0.4, 0.5) is 0 Å². The highest BCUT2D eigenvalue weighted by Crippen LogP contribution is 2.22. The maximum atomic E-state index is 12.6. The smallest absolute Gasteiger partial charge is 0.220 e. The summed E-state index contributed by atoms with van der Waals surface area (Å²) in [4.78, 5) is 12.6. The molecule has 7 unspecified atom stereocenters. The zero-order valence-electron chi connectivity index (χ0n) is 25.3. The van der Waals surface area contributed by atoms with Crippen LogP contribution >= 0.6 is 0 Å². The molecule has 238 valence electrons. The van der Waals surface area contributed by atoms with Crippen LogP contribution in [0.5, 0.6) is 0 Å². The van der Waals surface area contributed by atoms with Gasteiger partial charge < -0.3 is 40.3 Å². The van der Waals surface area contributed by atoms with Gasteiger partial charge in [0.05, 0.1) is 25.4 Å². The van der Waals surface area contributed by atoms with E-state index < -0.39 is 49.5 Å². The molecule has 1 aliphatic heterocycles. The van der Waals surface area contributed by atoms with Crippen molar-refractivity contribution in [1.29, 1.82) is 0 Å². The maximum Gasteiger partial charge on any atom is 0.220 e. The molecular weight excluding hydrogens is 526 g/mol. The standard InChI is InChI=1S/C32H57NO8/c1-3-5-7-9-10-11-12-13-14-15-16-18-19-21-26(35)25(33-28(36)22-20-17-8-6-4-2)24-40-32-31(39)30(38)29(37)27(23-34)41-32/h10-11,14-15,19,21,25-27,29-32,34-35,37-39H,3-9,12-13,16-18,20,22-24H2,1-2H3,(H,33,36)/b11-10+,15-14+,21-19+. The van der Waals surface area contributed by atoms with Crippen LogP contribution in [0.1, 0.15) is 104 Å². The Hall–Kier alpha value is -1.59. The Labute approximate surface area is 247 Å². The highest BCUT2D eigenvalue weighted by molar-refractivity contribution is 5.76. The zero-order chi connectivity index (χ0) is 30.3. The van der Waals surface area contributed by atoms with Gasteiger partial charge >= 0.3 is 0 Å². The number of nitrogens with one attached hydrogen (secondary N) is 1. The molecular formula is C32H57NO8. The van der Waals surface area contributed by atoms with E-state index in [1.165, 1.54) is 19.3 Å². The monoisotopic (exact) mass is 583 g/mol. The van der Waals surface area contributed by atoms with Gasteiger partial charge in [0.25, 0.3) is 0 Å². The predicted octanol–water partition coefficient (Wildman–Crippen LogP) is 3.82. The Morgan fingerprint density at radius 2 is 1.39 bits per heavy atom. The number of carbonyl (C=O) groups excluding carboxylic acids is 1. The SMILES string of the molecule is CCCCC/C=C/CC/C=C/CC/C=C/C(O)C(COC1OC(CO)C(O)C(O)C1O)NC(=O)CCCCCCC. The van der Waals surface area contributed by atoms with Crippen molar-refractivity contribution in [3.8, 4) is 0 Å². The van der Waals surface area contributed by atoms with Crippen molar-refractivity contribution in [1.82, 2.24) is 5.32 Å². The van der Waals surface area contributed by atoms with Crippen molar-refractivity contribution in [3.63, 3.8) is 0 Å². The Kier molecular flexibility index (Phi) is 21.8. The van der Waals surface area contributed by atoms with E-state index in [1.807, 2.05) is 6.08 Å². The molecule has 1 fully saturated rings. The van der Waals surface area contributed by atoms with Crippen LogP contribution in [0.15, 0.2) is 36.5 Å². The molecule has 1 heterocycles. The second-order valence-corrected chi connectivity index (χ2v) is 10.9. The van der Waals surface area contributed by atoms with Gasteiger partial charge in [-0.3, -0.25) is 4.79 Å². The van der Waals surface area contributed by atoms with Crippen molar-refractivity contribution in [2.24, 2.45) is 0 Å². The molecule has 0 aromatic carbocycles. The summed E-state index contributed by atoms with van der Waals surface area (Å²) in [6, 6.07) is -0.818. The largest absolute Gasteiger partial charge is 0.394 e. The second kappa shape index (κ2) is 23.9. The number of allylic oxidation sites excluding steroid dienone is 5. The van der Waals surface area contributed by atoms with Crippen LogP contribution in [0.2, 0.25) is 0 Å². The van der Waals surface area contributed by atoms with Crippen LogP contribution in [0, 0.1) is 0 Å². The molecule has 0 spiro atoms. The number of rotatable bonds is 23. The molecule has 1 aliphatic rings. The summed E-state index contributed by atoms with van der Waals surface area (Å²) >= 11 is 0. The minimum atomic E-state index is -1.57. The quantitative estimate of drug-likeness (QED) is 0.0786. The van der Waals surface area contributed by atoms with E-state index in [-0.39, 0.29) is 12.5 Å². The van der Waals surface area contributed by atoms with Crippen LogP contribution in [-0.4, -0.2) is 87.5 Å². The minimum Gasteiger partial charge on any atom is -0.394 e. The first-order valence-electron chi connectivity index (χ1n) is 15.7. The normalized spacial score (nSPS) is 24.9. The van der Waals surface area contributed by atoms with E-state index in [1.54, 1.807) is 6.08 Å². The molecule has 0 aromatic heterocycles. The molecule has 0 radical (unpaired) electrons. The van der Waals surface area contributed by atoms with E-state index in [0.29, 0.717) is 6.42 Å². The van der Waals surface area contributed by atoms with Gasteiger partial charge in [0.15, 0.2) is 6.29 Å². The lowest BCUT2D eigenvalue weighted by Gasteiger charge is -2.40. The van der Waals surface area contributed by atoms with Crippen LogP contribution in [-0.2, 0) is 14.3 Å². The number of hydrogen-bond donors (Lipinski definition) is 6. The average Bonchev–Trinajstić information content (AvgIpc) is 2.97. The third-order valence-corrected chi connectivity index (χ3v) is 7.20. The lowest BCUT2D eigenvalue weighted by molar-refractivity contribution is -0.302. The molecule has 0 bridgehead atoms. The summed E-state index contributed by atoms with van der Waals surface area (Å²) in [5.41, 5.74) is 0. The van der Waals surface area contributed by atoms with Crippen LogP contribution in [0.3, 0.4) is 0 Å². The van der Waals surface area contributed by atoms with E-state index in [2.05, 4.69) is 43.5 Å². The molecule has 1 amide bonds. The zero-order valence-corrected chi connectivity index (χ0v) is 25.3. The molecule has 9 heteroatoms. The summed E-state index contributed by atoms with van der Waals surface area (Å²) in [7, 11) is 0. The average molecular weight is 584 g/mol. The third kappa shape index (κ3) is 16.6. The Morgan fingerprint density at radius 1 is 0.805 bits per heavy atom. The molecule has 1 rings (SSSR count). The van der Waals surface area contributed by atoms with Crippen molar-refractivity contribution in [3.05, 3.63) is 36.5 Å². The first kappa shape index (κ1) is 37.4. The number of hydrogen-bond acceptors (Lipinski definition) is 8. The highest BCUT2D eigenvalue weighted by atomic mass is 16.7. The van der Waals surface area contributed by atoms with Gasteiger partial charge in [0.2, 0.25) is 5.91 Å². The van der Waals surface area contributed by atoms with Crippen LogP contribution < -0.4 is 5.32 Å². The summed E-state index contributed by atoms with van der Waals surface area (Å²) in [5, 5.41) is 53.3. The van der Waals surface area contributed by atoms with Crippen molar-refractivity contribution >= 4 is 5.91 Å². The number of ether oxygens (including phenoxy) is 2. The molecule has 9 nitrogen and oxygen atoms in total. The first-order chi connectivity index (χ1) is 19.8. The van der Waals surface area contributed by atoms with Gasteiger partial charge in [0.1, 0.15) is 24.4 Å². The Bertz CT molecular complexity index is 741. The molecule has 7 atom stereocenters. The maximum absolute atomic E-state index is 12.6. The number of carbonyl (C=O) groups is 1. The molecule has 6 N–H and O–H groups in total. The van der Waals surface area contributed by atoms with Crippen molar-refractivity contribution in [2.75, 3.05) is 13.2 Å². The second-order valence-electron chi connectivity index (χ2n) is 10.9. The Balaban J connectivity index is 2.58. The highest BCUT2D eigenvalue weighted by Gasteiger charge is 2.44. The Morgan fingerprint density at radius 3 is 2.02 bits per heavy atom. The number of unbranched alkanes of at least 4 members (excludes halogenated alkanes) is 9. The molecule has 0 saturated carbocycles. The third-order valence-electron chi connectivity index (χ3n) is 7.20. The minimum absolute atomic E-state index is 0.207. The fourth-order valence-electron chi connectivity index (χ4n) is 4.54. The van der Waals surface area contributed by atoms with E-state index in [4.69, 9.17) is 9.47 Å². The van der Waals surface area contributed by atoms with E-state index in [0.717, 1.165) is 64.2 Å². The summed E-state index contributed by atoms with van der Waals surface area (Å²) < 4.78 is 11.0. The van der Waals surface area contributed by atoms with Gasteiger partial charge in [0, 0.05) is 6.42 Å². The van der Waals surface area contributed by atoms with Crippen molar-refractivity contribution < 1.29 is 39.8 Å². The lowest BCUT2D eigenvalue weighted by Crippen LogP contribution is -2.60. The summed E-state index contributed by atoms with van der Waals surface area (Å²) in [6.45, 7) is 3.56. The fourth-order valence-corrected chi connectivity index (χ4v) is 4.54. The summed E-state index contributed by atoms with van der Waals surface area (Å²) in [6.07, 6.45) is 18.0. The first-order valence-corrected chi connectivity index (χ1v) is 15.7. The molecule has 0 aromatic rings. The van der Waals surface area contributed by atoms with Gasteiger partial charge in [-0.05, 0) is 44.9 Å². The molecule has 1 saturated heterocycles. The number of aliphatic hydroxyl groups excluding tert-OH is 5. The van der Waals surface area contributed by atoms with Crippen molar-refractivity contribution in [2.45, 2.75) is 147 Å². The van der Waals surface area contributed by atoms with Gasteiger partial charge in [-0.2, -0.15) is 0 Å². The van der Waals surface area contributed by atoms with E-state index in [9.17, 15) is 30.3 Å². The molecule has 41 heavy (non-hydrogen) atoms. The van der Waals surface area contributed by atoms with Crippen LogP contribution in [0.25, 0.3) is 0 Å². The fraction of sp³-hybridized carbons (Fsp3) is 0.781. The van der Waals surface area contributed by atoms with Gasteiger partial charge in [-0.15, -0.1) is 0 Å². The van der Waals surface area contributed by atoms with Gasteiger partial charge in [-0.25, -0.2) is 0 Å². The predicted molar refractivity (Wildman–Crippen MR) is 161 cm³/mol. The number of aliphatic hydroxyl groups is 5. The number of amides is 1. The van der Waals surface area contributed by atoms with E-state index >= 15 is 0 Å². The van der Waals surface area contributed by atoms with Gasteiger partial charge in [-0.1, -0.05) is 88.8 Å². The lowest BCUT2D eigenvalue weighted by atomic mass is 9.99. The molecule has 0 aliphatic carbocycles. The topological polar surface area (TPSA) is 149 Å². The summed E-state index contributed by atoms with van der Waals surface area (Å²) in [5.74, 6) is -0.210.